The van der Waals surface area contributed by atoms with Crippen molar-refractivity contribution in [1.82, 2.24) is 36.8 Å². The van der Waals surface area contributed by atoms with Crippen LogP contribution in [-0.4, -0.2) is 168 Å². The number of carboxylic acid groups (broad SMARTS) is 1. The lowest BCUT2D eigenvalue weighted by molar-refractivity contribution is -0.137. The van der Waals surface area contributed by atoms with Gasteiger partial charge in [0.05, 0.1) is 18.7 Å². The Balaban J connectivity index is 2.30. The molecule has 1 saturated heterocycles. The first-order chi connectivity index (χ1) is 35.2. The summed E-state index contributed by atoms with van der Waals surface area (Å²) >= 11 is 2.11. The number of unbranched alkanes of at least 4 members (excludes halogenated alkanes) is 2. The number of aliphatic hydroxyl groups is 1. The van der Waals surface area contributed by atoms with Crippen LogP contribution in [0.3, 0.4) is 0 Å². The van der Waals surface area contributed by atoms with Crippen LogP contribution in [0.1, 0.15) is 83.1 Å². The molecule has 0 unspecified atom stereocenters. The minimum Gasteiger partial charge on any atom is -0.477 e. The van der Waals surface area contributed by atoms with Crippen molar-refractivity contribution in [3.05, 3.63) is 45.2 Å². The highest BCUT2D eigenvalue weighted by atomic mass is 127. The Hall–Kier alpha value is -6.18. The maximum Gasteiger partial charge on any atom is 0.352 e. The second-order valence-corrected chi connectivity index (χ2v) is 18.6. The number of hydrogen-bond donors (Lipinski definition) is 15. The van der Waals surface area contributed by atoms with Gasteiger partial charge in [-0.1, -0.05) is 24.6 Å². The van der Waals surface area contributed by atoms with Gasteiger partial charge in [-0.15, -0.1) is 0 Å². The van der Waals surface area contributed by atoms with E-state index in [9.17, 15) is 53.4 Å². The molecule has 74 heavy (non-hydrogen) atoms. The third-order valence-corrected chi connectivity index (χ3v) is 12.2. The summed E-state index contributed by atoms with van der Waals surface area (Å²) in [7, 11) is 0. The van der Waals surface area contributed by atoms with Gasteiger partial charge in [-0.2, -0.15) is 0 Å². The summed E-state index contributed by atoms with van der Waals surface area (Å²) < 4.78 is 0.897. The maximum atomic E-state index is 14.2. The Morgan fingerprint density at radius 1 is 0.811 bits per heavy atom. The quantitative estimate of drug-likeness (QED) is 0.0103. The van der Waals surface area contributed by atoms with Crippen LogP contribution in [-0.2, 0) is 49.6 Å². The monoisotopic (exact) mass is 1150 g/mol. The van der Waals surface area contributed by atoms with Crippen molar-refractivity contribution in [2.24, 2.45) is 50.1 Å². The average Bonchev–Trinajstić information content (AvgIpc) is 3.87. The molecule has 22 N–H and O–H groups in total. The molecule has 412 valence electrons. The fraction of sp³-hybridized carbons (Fsp3) is 0.587. The first-order valence-electron chi connectivity index (χ1n) is 24.4. The molecule has 1 aromatic carbocycles. The number of rotatable bonds is 33. The number of likely N-dealkylation sites (tertiary alicyclic amines) is 1. The largest absolute Gasteiger partial charge is 0.477 e. The van der Waals surface area contributed by atoms with Crippen LogP contribution in [0, 0.1) is 3.57 Å². The van der Waals surface area contributed by atoms with Crippen molar-refractivity contribution in [3.8, 4) is 0 Å². The summed E-state index contributed by atoms with van der Waals surface area (Å²) in [5, 5.41) is 35.0. The molecule has 0 spiro atoms. The van der Waals surface area contributed by atoms with Crippen molar-refractivity contribution in [1.29, 1.82) is 0 Å². The zero-order valence-corrected chi connectivity index (χ0v) is 43.9. The van der Waals surface area contributed by atoms with Crippen molar-refractivity contribution < 1.29 is 53.4 Å². The van der Waals surface area contributed by atoms with E-state index in [0.717, 1.165) is 3.57 Å². The second-order valence-electron chi connectivity index (χ2n) is 17.4. The third kappa shape index (κ3) is 22.9. The molecule has 0 radical (unpaired) electrons. The highest BCUT2D eigenvalue weighted by Gasteiger charge is 2.38. The molecular formula is C46H75IN16O11. The van der Waals surface area contributed by atoms with Gasteiger partial charge in [-0.3, -0.25) is 43.3 Å². The SMILES string of the molecule is C[C@H](NC(=O)[C@@H](NC(=O)[C@@H](N)CCCCN)[C@@H](O)CN)C(=O)NCC(=O)N=C(CCCN)C(=O)N1CCC[C@H]1C(=O)N[C@@H](Cc1ccc(I)cc1)C(=O)N[C@@H](CCCCN)C(=O)N/C(=C\CCN=C(N)N)C(=O)O. The second kappa shape index (κ2) is 34.3. The molecule has 7 atom stereocenters. The lowest BCUT2D eigenvalue weighted by atomic mass is 10.0. The van der Waals surface area contributed by atoms with Crippen LogP contribution in [0.5, 0.6) is 0 Å². The van der Waals surface area contributed by atoms with E-state index in [4.69, 9.17) is 40.1 Å². The summed E-state index contributed by atoms with van der Waals surface area (Å²) in [6.07, 6.45) is 2.68. The van der Waals surface area contributed by atoms with Gasteiger partial charge >= 0.3 is 5.97 Å². The van der Waals surface area contributed by atoms with Crippen molar-refractivity contribution in [2.45, 2.75) is 126 Å². The van der Waals surface area contributed by atoms with Gasteiger partial charge < -0.3 is 87.1 Å². The fourth-order valence-electron chi connectivity index (χ4n) is 7.36. The smallest absolute Gasteiger partial charge is 0.352 e. The third-order valence-electron chi connectivity index (χ3n) is 11.4. The first kappa shape index (κ1) is 63.9. The Morgan fingerprint density at radius 2 is 1.46 bits per heavy atom. The number of carbonyl (C=O) groups excluding carboxylic acids is 8. The number of nitrogens with two attached hydrogens (primary N) is 7. The molecule has 1 aliphatic rings. The molecule has 1 aliphatic heterocycles. The maximum absolute atomic E-state index is 14.2. The number of benzene rings is 1. The lowest BCUT2D eigenvalue weighted by Crippen LogP contribution is -2.60. The molecule has 2 rings (SSSR count). The van der Waals surface area contributed by atoms with Gasteiger partial charge in [0, 0.05) is 29.6 Å². The van der Waals surface area contributed by atoms with Crippen LogP contribution in [0.4, 0.5) is 0 Å². The molecule has 0 saturated carbocycles. The summed E-state index contributed by atoms with van der Waals surface area (Å²) in [6.45, 7) is 1.04. The summed E-state index contributed by atoms with van der Waals surface area (Å²) in [4.78, 5) is 129. The Bertz CT molecular complexity index is 2160. The number of nitrogens with zero attached hydrogens (tertiary/aromatic N) is 3. The fourth-order valence-corrected chi connectivity index (χ4v) is 7.72. The highest BCUT2D eigenvalue weighted by molar-refractivity contribution is 14.1. The molecule has 0 aromatic heterocycles. The summed E-state index contributed by atoms with van der Waals surface area (Å²) in [5.74, 6) is -8.27. The van der Waals surface area contributed by atoms with E-state index in [2.05, 4.69) is 64.5 Å². The topological polar surface area (TPSA) is 476 Å². The number of halogens is 1. The molecular weight excluding hydrogens is 1080 g/mol. The number of guanidine groups is 1. The number of carboxylic acids is 1. The van der Waals surface area contributed by atoms with Gasteiger partial charge in [-0.05, 0) is 131 Å². The van der Waals surface area contributed by atoms with Gasteiger partial charge in [0.2, 0.25) is 35.4 Å². The number of aliphatic imine (C=N–C) groups is 2. The highest BCUT2D eigenvalue weighted by Crippen LogP contribution is 2.20. The molecule has 0 aliphatic carbocycles. The molecule has 1 heterocycles. The molecule has 8 amide bonds. The minimum atomic E-state index is -1.57. The Morgan fingerprint density at radius 3 is 2.07 bits per heavy atom. The molecule has 27 nitrogen and oxygen atoms in total. The van der Waals surface area contributed by atoms with Gasteiger partial charge in [0.25, 0.3) is 11.8 Å². The van der Waals surface area contributed by atoms with E-state index >= 15 is 0 Å². The van der Waals surface area contributed by atoms with Crippen LogP contribution < -0.4 is 72.0 Å². The van der Waals surface area contributed by atoms with E-state index in [0.29, 0.717) is 44.2 Å². The van der Waals surface area contributed by atoms with Crippen molar-refractivity contribution in [2.75, 3.05) is 45.8 Å². The Kier molecular flexibility index (Phi) is 29.7. The summed E-state index contributed by atoms with van der Waals surface area (Å²) in [6, 6.07) is -0.503. The zero-order chi connectivity index (χ0) is 55.3. The van der Waals surface area contributed by atoms with Crippen molar-refractivity contribution >= 4 is 87.5 Å². The van der Waals surface area contributed by atoms with Crippen LogP contribution in [0.25, 0.3) is 0 Å². The number of amides is 8. The average molecular weight is 1160 g/mol. The Labute approximate surface area is 443 Å². The van der Waals surface area contributed by atoms with E-state index in [-0.39, 0.29) is 82.8 Å². The lowest BCUT2D eigenvalue weighted by Gasteiger charge is -2.28. The van der Waals surface area contributed by atoms with Crippen LogP contribution in [0.15, 0.2) is 46.0 Å². The zero-order valence-electron chi connectivity index (χ0n) is 41.7. The van der Waals surface area contributed by atoms with Crippen LogP contribution >= 0.6 is 22.6 Å². The van der Waals surface area contributed by atoms with Crippen molar-refractivity contribution in [3.63, 3.8) is 0 Å². The molecule has 1 aromatic rings. The predicted octanol–water partition coefficient (Wildman–Crippen LogP) is -4.74. The number of nitrogens with one attached hydrogen (secondary N) is 6. The molecule has 1 fully saturated rings. The van der Waals surface area contributed by atoms with E-state index in [1.165, 1.54) is 17.9 Å². The number of carbonyl (C=O) groups is 9. The van der Waals surface area contributed by atoms with E-state index in [1.807, 2.05) is 0 Å². The van der Waals surface area contributed by atoms with Gasteiger partial charge in [0.15, 0.2) is 5.96 Å². The van der Waals surface area contributed by atoms with Gasteiger partial charge in [0.1, 0.15) is 41.6 Å². The molecule has 0 bridgehead atoms. The minimum absolute atomic E-state index is 0.0443. The predicted molar refractivity (Wildman–Crippen MR) is 283 cm³/mol. The standard InChI is InChI=1S/C46H75IN16O11/c1-26(57-43(71)37(35(64)24-51)62-39(67)29(52)9-2-4-18-48)38(66)56-25-36(65)58-31(11-6-20-50)44(72)63-22-8-13-34(63)42(70)61-33(23-27-14-16-28(47)17-15-27)41(69)59-30(10-3-5-19-49)40(68)60-32(45(73)74)12-7-21-55-46(53)54/h12,14-17,26,29-30,33-35,37,64H,2-11,13,18-25,48-52H2,1H3,(H,56,66)(H,57,71)(H,59,69)(H,60,68)(H,61,70)(H,62,67)(H,73,74)(H4,53,54,55)/b32-12-,58-31?/t26-,29-,30-,33-,34-,35-,37-/m0/s1. The van der Waals surface area contributed by atoms with Crippen LogP contribution in [0.2, 0.25) is 0 Å². The first-order valence-corrected chi connectivity index (χ1v) is 25.4. The van der Waals surface area contributed by atoms with Gasteiger partial charge in [-0.25, -0.2) is 9.79 Å². The number of aliphatic carboxylic acids is 1. The number of hydrogen-bond acceptors (Lipinski definition) is 16. The number of aliphatic hydroxyl groups excluding tert-OH is 1. The normalized spacial score (nSPS) is 16.1. The van der Waals surface area contributed by atoms with E-state index in [1.54, 1.807) is 24.3 Å². The molecule has 28 heteroatoms. The van der Waals surface area contributed by atoms with E-state index < -0.39 is 114 Å². The summed E-state index contributed by atoms with van der Waals surface area (Å²) in [5.41, 5.74) is 39.0.